The lowest BCUT2D eigenvalue weighted by molar-refractivity contribution is -0.0456. The van der Waals surface area contributed by atoms with E-state index in [-0.39, 0.29) is 13.2 Å². The summed E-state index contributed by atoms with van der Waals surface area (Å²) in [6, 6.07) is 9.50. The van der Waals surface area contributed by atoms with Gasteiger partial charge in [-0.05, 0) is 17.9 Å². The number of aliphatic hydroxyl groups is 1. The third-order valence-corrected chi connectivity index (χ3v) is 3.36. The first kappa shape index (κ1) is 12.6. The fourth-order valence-electron chi connectivity index (χ4n) is 1.91. The van der Waals surface area contributed by atoms with E-state index in [4.69, 9.17) is 10.5 Å². The van der Waals surface area contributed by atoms with Crippen molar-refractivity contribution in [3.05, 3.63) is 35.9 Å². The molecule has 0 saturated heterocycles. The van der Waals surface area contributed by atoms with Crippen LogP contribution in [-0.2, 0) is 10.3 Å². The molecule has 1 atom stereocenters. The first-order chi connectivity index (χ1) is 8.24. The molecule has 1 unspecified atom stereocenters. The van der Waals surface area contributed by atoms with Gasteiger partial charge in [-0.15, -0.1) is 0 Å². The molecule has 1 aliphatic carbocycles. The van der Waals surface area contributed by atoms with Gasteiger partial charge in [0, 0.05) is 13.2 Å². The number of hydrogen-bond donors (Lipinski definition) is 2. The maximum Gasteiger partial charge on any atom is 0.125 e. The van der Waals surface area contributed by atoms with Crippen molar-refractivity contribution >= 4 is 0 Å². The summed E-state index contributed by atoms with van der Waals surface area (Å²) < 4.78 is 5.56. The average molecular weight is 235 g/mol. The summed E-state index contributed by atoms with van der Waals surface area (Å²) in [7, 11) is 0. The van der Waals surface area contributed by atoms with Gasteiger partial charge in [-0.25, -0.2) is 0 Å². The molecule has 94 valence electrons. The Morgan fingerprint density at radius 1 is 1.29 bits per heavy atom. The zero-order chi connectivity index (χ0) is 12.1. The van der Waals surface area contributed by atoms with E-state index in [0.717, 1.165) is 24.5 Å². The van der Waals surface area contributed by atoms with Gasteiger partial charge < -0.3 is 15.6 Å². The monoisotopic (exact) mass is 235 g/mol. The van der Waals surface area contributed by atoms with Crippen LogP contribution in [-0.4, -0.2) is 24.9 Å². The summed E-state index contributed by atoms with van der Waals surface area (Å²) >= 11 is 0. The Bertz CT molecular complexity index is 337. The SMILES string of the molecule is NCC(O)(COCCC1CC1)c1ccccc1. The van der Waals surface area contributed by atoms with E-state index in [1.807, 2.05) is 30.3 Å². The topological polar surface area (TPSA) is 55.5 Å². The normalized spacial score (nSPS) is 18.9. The zero-order valence-electron chi connectivity index (χ0n) is 10.1. The lowest BCUT2D eigenvalue weighted by Gasteiger charge is -2.26. The molecule has 0 aliphatic heterocycles. The van der Waals surface area contributed by atoms with E-state index in [0.29, 0.717) is 0 Å². The van der Waals surface area contributed by atoms with E-state index in [2.05, 4.69) is 0 Å². The van der Waals surface area contributed by atoms with Gasteiger partial charge in [0.25, 0.3) is 0 Å². The van der Waals surface area contributed by atoms with Crippen molar-refractivity contribution in [1.82, 2.24) is 0 Å². The van der Waals surface area contributed by atoms with Crippen molar-refractivity contribution in [3.8, 4) is 0 Å². The second-order valence-electron chi connectivity index (χ2n) is 4.89. The maximum absolute atomic E-state index is 10.4. The Labute approximate surface area is 103 Å². The molecular formula is C14H21NO2. The molecule has 0 aromatic heterocycles. The van der Waals surface area contributed by atoms with Gasteiger partial charge in [-0.1, -0.05) is 43.2 Å². The molecule has 17 heavy (non-hydrogen) atoms. The van der Waals surface area contributed by atoms with Crippen LogP contribution in [0.15, 0.2) is 30.3 Å². The average Bonchev–Trinajstić information content (AvgIpc) is 3.19. The second kappa shape index (κ2) is 5.63. The van der Waals surface area contributed by atoms with Crippen LogP contribution in [0.4, 0.5) is 0 Å². The summed E-state index contributed by atoms with van der Waals surface area (Å²) in [4.78, 5) is 0. The number of hydrogen-bond acceptors (Lipinski definition) is 3. The molecule has 0 radical (unpaired) electrons. The molecule has 1 aromatic rings. The quantitative estimate of drug-likeness (QED) is 0.707. The molecule has 1 saturated carbocycles. The molecule has 3 heteroatoms. The summed E-state index contributed by atoms with van der Waals surface area (Å²) in [5.74, 6) is 0.859. The van der Waals surface area contributed by atoms with Gasteiger partial charge in [0.1, 0.15) is 5.60 Å². The van der Waals surface area contributed by atoms with Gasteiger partial charge in [0.05, 0.1) is 6.61 Å². The van der Waals surface area contributed by atoms with Crippen molar-refractivity contribution in [2.45, 2.75) is 24.9 Å². The fourth-order valence-corrected chi connectivity index (χ4v) is 1.91. The van der Waals surface area contributed by atoms with Crippen LogP contribution in [0.25, 0.3) is 0 Å². The molecule has 0 amide bonds. The van der Waals surface area contributed by atoms with Crippen LogP contribution in [0.1, 0.15) is 24.8 Å². The predicted molar refractivity (Wildman–Crippen MR) is 67.6 cm³/mol. The maximum atomic E-state index is 10.4. The molecule has 1 aliphatic rings. The van der Waals surface area contributed by atoms with Gasteiger partial charge in [-0.3, -0.25) is 0 Å². The third-order valence-electron chi connectivity index (χ3n) is 3.36. The summed E-state index contributed by atoms with van der Waals surface area (Å²) in [5.41, 5.74) is 5.44. The smallest absolute Gasteiger partial charge is 0.125 e. The molecule has 2 rings (SSSR count). The first-order valence-corrected chi connectivity index (χ1v) is 6.30. The number of rotatable bonds is 7. The van der Waals surface area contributed by atoms with Gasteiger partial charge in [0.15, 0.2) is 0 Å². The van der Waals surface area contributed by atoms with Crippen LogP contribution in [0, 0.1) is 5.92 Å². The van der Waals surface area contributed by atoms with Crippen LogP contribution in [0.5, 0.6) is 0 Å². The van der Waals surface area contributed by atoms with Crippen LogP contribution < -0.4 is 5.73 Å². The second-order valence-corrected chi connectivity index (χ2v) is 4.89. The highest BCUT2D eigenvalue weighted by Crippen LogP contribution is 2.32. The minimum absolute atomic E-state index is 0.181. The molecule has 0 heterocycles. The Kier molecular flexibility index (Phi) is 4.15. The van der Waals surface area contributed by atoms with E-state index in [1.54, 1.807) is 0 Å². The summed E-state index contributed by atoms with van der Waals surface area (Å²) in [6.07, 6.45) is 3.78. The Morgan fingerprint density at radius 3 is 2.59 bits per heavy atom. The Morgan fingerprint density at radius 2 is 2.00 bits per heavy atom. The van der Waals surface area contributed by atoms with Crippen LogP contribution in [0.2, 0.25) is 0 Å². The Balaban J connectivity index is 1.84. The lowest BCUT2D eigenvalue weighted by Crippen LogP contribution is -2.39. The van der Waals surface area contributed by atoms with Crippen molar-refractivity contribution in [2.75, 3.05) is 19.8 Å². The molecular weight excluding hydrogens is 214 g/mol. The number of ether oxygens (including phenoxy) is 1. The Hall–Kier alpha value is -0.900. The summed E-state index contributed by atoms with van der Waals surface area (Å²) in [6.45, 7) is 1.18. The number of nitrogens with two attached hydrogens (primary N) is 1. The van der Waals surface area contributed by atoms with Crippen LogP contribution in [0.3, 0.4) is 0 Å². The van der Waals surface area contributed by atoms with E-state index < -0.39 is 5.60 Å². The van der Waals surface area contributed by atoms with Gasteiger partial charge >= 0.3 is 0 Å². The molecule has 3 nitrogen and oxygen atoms in total. The van der Waals surface area contributed by atoms with Crippen molar-refractivity contribution in [1.29, 1.82) is 0 Å². The van der Waals surface area contributed by atoms with Crippen molar-refractivity contribution in [3.63, 3.8) is 0 Å². The van der Waals surface area contributed by atoms with E-state index in [1.165, 1.54) is 12.8 Å². The predicted octanol–water partition coefficient (Wildman–Crippen LogP) is 1.65. The standard InChI is InChI=1S/C14H21NO2/c15-10-14(16,13-4-2-1-3-5-13)11-17-9-8-12-6-7-12/h1-5,12,16H,6-11,15H2. The van der Waals surface area contributed by atoms with Crippen molar-refractivity contribution in [2.24, 2.45) is 11.7 Å². The van der Waals surface area contributed by atoms with E-state index in [9.17, 15) is 5.11 Å². The van der Waals surface area contributed by atoms with Gasteiger partial charge in [-0.2, -0.15) is 0 Å². The molecule has 0 bridgehead atoms. The highest BCUT2D eigenvalue weighted by atomic mass is 16.5. The third kappa shape index (κ3) is 3.53. The highest BCUT2D eigenvalue weighted by molar-refractivity contribution is 5.22. The number of benzene rings is 1. The highest BCUT2D eigenvalue weighted by Gasteiger charge is 2.28. The first-order valence-electron chi connectivity index (χ1n) is 6.30. The van der Waals surface area contributed by atoms with Gasteiger partial charge in [0.2, 0.25) is 0 Å². The summed E-state index contributed by atoms with van der Waals surface area (Å²) in [5, 5.41) is 10.4. The molecule has 1 fully saturated rings. The zero-order valence-corrected chi connectivity index (χ0v) is 10.1. The van der Waals surface area contributed by atoms with Crippen molar-refractivity contribution < 1.29 is 9.84 Å². The van der Waals surface area contributed by atoms with E-state index >= 15 is 0 Å². The lowest BCUT2D eigenvalue weighted by atomic mass is 9.95. The minimum Gasteiger partial charge on any atom is -0.381 e. The molecule has 0 spiro atoms. The molecule has 1 aromatic carbocycles. The fraction of sp³-hybridized carbons (Fsp3) is 0.571. The minimum atomic E-state index is -1.05. The largest absolute Gasteiger partial charge is 0.381 e. The molecule has 3 N–H and O–H groups in total. The van der Waals surface area contributed by atoms with Crippen LogP contribution >= 0.6 is 0 Å².